The first kappa shape index (κ1) is 18.7. The Labute approximate surface area is 164 Å². The van der Waals surface area contributed by atoms with E-state index in [2.05, 4.69) is 10.4 Å². The highest BCUT2D eigenvalue weighted by Crippen LogP contribution is 2.37. The van der Waals surface area contributed by atoms with Crippen molar-refractivity contribution >= 4 is 11.8 Å². The molecule has 7 nitrogen and oxygen atoms in total. The minimum absolute atomic E-state index is 0.107. The molecule has 4 rings (SSSR count). The Morgan fingerprint density at radius 2 is 2.04 bits per heavy atom. The molecule has 28 heavy (non-hydrogen) atoms. The van der Waals surface area contributed by atoms with E-state index in [0.717, 1.165) is 23.5 Å². The van der Waals surface area contributed by atoms with Crippen molar-refractivity contribution < 1.29 is 14.7 Å². The predicted octanol–water partition coefficient (Wildman–Crippen LogP) is 1.59. The summed E-state index contributed by atoms with van der Waals surface area (Å²) >= 11 is 0. The number of hydrogen-bond acceptors (Lipinski definition) is 4. The third kappa shape index (κ3) is 3.09. The van der Waals surface area contributed by atoms with Crippen LogP contribution in [0.25, 0.3) is 5.69 Å². The number of benzene rings is 1. The van der Waals surface area contributed by atoms with Crippen LogP contribution in [0.15, 0.2) is 30.3 Å². The summed E-state index contributed by atoms with van der Waals surface area (Å²) in [6, 6.07) is 9.37. The Kier molecular flexibility index (Phi) is 4.71. The first-order valence-electron chi connectivity index (χ1n) is 9.80. The fraction of sp³-hybridized carbons (Fsp3) is 0.476. The highest BCUT2D eigenvalue weighted by molar-refractivity contribution is 5.95. The molecule has 2 atom stereocenters. The lowest BCUT2D eigenvalue weighted by molar-refractivity contribution is -0.147. The van der Waals surface area contributed by atoms with Gasteiger partial charge in [0.1, 0.15) is 0 Å². The van der Waals surface area contributed by atoms with Crippen molar-refractivity contribution in [2.45, 2.75) is 39.2 Å². The van der Waals surface area contributed by atoms with E-state index in [1.54, 1.807) is 17.0 Å². The molecule has 1 spiro atoms. The highest BCUT2D eigenvalue weighted by atomic mass is 16.3. The molecule has 2 amide bonds. The number of nitrogens with one attached hydrogen (secondary N) is 1. The van der Waals surface area contributed by atoms with Crippen LogP contribution >= 0.6 is 0 Å². The average molecular weight is 382 g/mol. The normalized spacial score (nSPS) is 25.0. The fourth-order valence-corrected chi connectivity index (χ4v) is 4.43. The molecule has 2 saturated heterocycles. The maximum absolute atomic E-state index is 13.0. The standard InChI is InChI=1S/C21H26N4O3/c1-14-12-15(2)25(23-14)17-6-4-16(5-7-17)19(27)24-11-8-18(26)21(13-24)9-3-10-22-20(21)28/h4-7,12,18,26H,3,8-11,13H2,1-2H3,(H,22,28)/t18-,21+/m0/s1. The summed E-state index contributed by atoms with van der Waals surface area (Å²) in [5.41, 5.74) is 2.58. The van der Waals surface area contributed by atoms with Gasteiger partial charge in [0.15, 0.2) is 0 Å². The van der Waals surface area contributed by atoms with Gasteiger partial charge in [0.25, 0.3) is 5.91 Å². The van der Waals surface area contributed by atoms with Gasteiger partial charge >= 0.3 is 0 Å². The number of likely N-dealkylation sites (tertiary alicyclic amines) is 1. The molecule has 1 aromatic heterocycles. The van der Waals surface area contributed by atoms with Gasteiger partial charge in [-0.05, 0) is 63.4 Å². The number of aliphatic hydroxyl groups is 1. The Morgan fingerprint density at radius 1 is 1.29 bits per heavy atom. The first-order valence-corrected chi connectivity index (χ1v) is 9.80. The van der Waals surface area contributed by atoms with Gasteiger partial charge in [-0.2, -0.15) is 5.10 Å². The molecule has 0 radical (unpaired) electrons. The van der Waals surface area contributed by atoms with E-state index in [1.807, 2.05) is 36.7 Å². The molecular weight excluding hydrogens is 356 g/mol. The van der Waals surface area contributed by atoms with E-state index in [0.29, 0.717) is 31.5 Å². The first-order chi connectivity index (χ1) is 13.4. The average Bonchev–Trinajstić information content (AvgIpc) is 3.04. The van der Waals surface area contributed by atoms with Gasteiger partial charge in [-0.1, -0.05) is 0 Å². The maximum atomic E-state index is 13.0. The number of hydrogen-bond donors (Lipinski definition) is 2. The van der Waals surface area contributed by atoms with Crippen molar-refractivity contribution in [2.24, 2.45) is 5.41 Å². The Hall–Kier alpha value is -2.67. The number of rotatable bonds is 2. The number of piperidine rings is 2. The molecule has 7 heteroatoms. The molecule has 2 fully saturated rings. The fourth-order valence-electron chi connectivity index (χ4n) is 4.43. The second kappa shape index (κ2) is 7.05. The number of aryl methyl sites for hydroxylation is 2. The van der Waals surface area contributed by atoms with Crippen molar-refractivity contribution in [1.29, 1.82) is 0 Å². The molecule has 2 aromatic rings. The van der Waals surface area contributed by atoms with Crippen LogP contribution in [0.3, 0.4) is 0 Å². The number of nitrogens with zero attached hydrogens (tertiary/aromatic N) is 3. The van der Waals surface area contributed by atoms with Crippen LogP contribution in [0, 0.1) is 19.3 Å². The second-order valence-electron chi connectivity index (χ2n) is 7.93. The monoisotopic (exact) mass is 382 g/mol. The second-order valence-corrected chi connectivity index (χ2v) is 7.93. The van der Waals surface area contributed by atoms with Crippen LogP contribution in [0.4, 0.5) is 0 Å². The smallest absolute Gasteiger partial charge is 0.253 e. The van der Waals surface area contributed by atoms with Gasteiger partial charge < -0.3 is 15.3 Å². The number of carbonyl (C=O) groups excluding carboxylic acids is 2. The molecule has 1 aromatic carbocycles. The summed E-state index contributed by atoms with van der Waals surface area (Å²) < 4.78 is 1.85. The summed E-state index contributed by atoms with van der Waals surface area (Å²) in [5, 5.41) is 17.8. The lowest BCUT2D eigenvalue weighted by Crippen LogP contribution is -2.62. The molecule has 0 saturated carbocycles. The van der Waals surface area contributed by atoms with Crippen molar-refractivity contribution in [3.8, 4) is 5.69 Å². The van der Waals surface area contributed by atoms with Gasteiger partial charge in [0.2, 0.25) is 5.91 Å². The van der Waals surface area contributed by atoms with E-state index < -0.39 is 11.5 Å². The number of aromatic nitrogens is 2. The van der Waals surface area contributed by atoms with Gasteiger partial charge in [-0.15, -0.1) is 0 Å². The Balaban J connectivity index is 1.54. The lowest BCUT2D eigenvalue weighted by atomic mass is 9.71. The third-order valence-electron chi connectivity index (χ3n) is 5.98. The molecule has 148 valence electrons. The third-order valence-corrected chi connectivity index (χ3v) is 5.98. The predicted molar refractivity (Wildman–Crippen MR) is 104 cm³/mol. The van der Waals surface area contributed by atoms with Crippen LogP contribution in [0.2, 0.25) is 0 Å². The van der Waals surface area contributed by atoms with Crippen molar-refractivity contribution in [3.63, 3.8) is 0 Å². The molecule has 2 aliphatic rings. The van der Waals surface area contributed by atoms with E-state index in [1.165, 1.54) is 0 Å². The quantitative estimate of drug-likeness (QED) is 0.826. The summed E-state index contributed by atoms with van der Waals surface area (Å²) in [6.45, 7) is 5.29. The molecule has 3 heterocycles. The summed E-state index contributed by atoms with van der Waals surface area (Å²) in [4.78, 5) is 27.3. The summed E-state index contributed by atoms with van der Waals surface area (Å²) in [7, 11) is 0. The highest BCUT2D eigenvalue weighted by Gasteiger charge is 2.50. The molecule has 2 N–H and O–H groups in total. The number of amides is 2. The minimum Gasteiger partial charge on any atom is -0.392 e. The van der Waals surface area contributed by atoms with Gasteiger partial charge in [0.05, 0.1) is 22.9 Å². The molecule has 0 bridgehead atoms. The van der Waals surface area contributed by atoms with Crippen LogP contribution in [0.5, 0.6) is 0 Å². The van der Waals surface area contributed by atoms with Gasteiger partial charge in [0, 0.05) is 30.9 Å². The number of carbonyl (C=O) groups is 2. The van der Waals surface area contributed by atoms with Crippen molar-refractivity contribution in [2.75, 3.05) is 19.6 Å². The largest absolute Gasteiger partial charge is 0.392 e. The van der Waals surface area contributed by atoms with E-state index in [9.17, 15) is 14.7 Å². The molecule has 2 aliphatic heterocycles. The number of aliphatic hydroxyl groups excluding tert-OH is 1. The zero-order valence-electron chi connectivity index (χ0n) is 16.3. The summed E-state index contributed by atoms with van der Waals surface area (Å²) in [6.07, 6.45) is 1.15. The van der Waals surface area contributed by atoms with Crippen molar-refractivity contribution in [1.82, 2.24) is 20.0 Å². The van der Waals surface area contributed by atoms with Crippen LogP contribution in [-0.2, 0) is 4.79 Å². The van der Waals surface area contributed by atoms with Crippen LogP contribution in [-0.4, -0.2) is 57.3 Å². The van der Waals surface area contributed by atoms with E-state index in [4.69, 9.17) is 0 Å². The zero-order chi connectivity index (χ0) is 19.9. The summed E-state index contributed by atoms with van der Waals surface area (Å²) in [5.74, 6) is -0.242. The zero-order valence-corrected chi connectivity index (χ0v) is 16.3. The lowest BCUT2D eigenvalue weighted by Gasteiger charge is -2.46. The minimum atomic E-state index is -0.879. The Morgan fingerprint density at radius 3 is 2.68 bits per heavy atom. The van der Waals surface area contributed by atoms with E-state index in [-0.39, 0.29) is 18.4 Å². The van der Waals surface area contributed by atoms with E-state index >= 15 is 0 Å². The molecular formula is C21H26N4O3. The SMILES string of the molecule is Cc1cc(C)n(-c2ccc(C(=O)N3CC[C@H](O)[C@@]4(CCCNC4=O)C3)cc2)n1. The van der Waals surface area contributed by atoms with Gasteiger partial charge in [-0.25, -0.2) is 4.68 Å². The topological polar surface area (TPSA) is 87.5 Å². The Bertz CT molecular complexity index is 905. The molecule has 0 unspecified atom stereocenters. The van der Waals surface area contributed by atoms with Crippen LogP contribution in [0.1, 0.15) is 41.0 Å². The van der Waals surface area contributed by atoms with Crippen LogP contribution < -0.4 is 5.32 Å². The maximum Gasteiger partial charge on any atom is 0.253 e. The molecule has 0 aliphatic carbocycles. The van der Waals surface area contributed by atoms with Gasteiger partial charge in [-0.3, -0.25) is 9.59 Å². The van der Waals surface area contributed by atoms with Crippen molar-refractivity contribution in [3.05, 3.63) is 47.3 Å².